The van der Waals surface area contributed by atoms with Crippen LogP contribution in [0.5, 0.6) is 0 Å². The van der Waals surface area contributed by atoms with Crippen molar-refractivity contribution in [1.29, 1.82) is 0 Å². The molecule has 1 heterocycles. The molecule has 0 aromatic heterocycles. The van der Waals surface area contributed by atoms with Gasteiger partial charge in [-0.05, 0) is 6.42 Å². The van der Waals surface area contributed by atoms with Crippen LogP contribution in [0.1, 0.15) is 51.9 Å². The van der Waals surface area contributed by atoms with E-state index in [-0.39, 0.29) is 6.42 Å². The molecule has 0 aliphatic carbocycles. The van der Waals surface area contributed by atoms with Gasteiger partial charge in [-0.15, -0.1) is 0 Å². The number of unbranched alkanes of at least 4 members (excludes halogenated alkanes) is 5. The molecule has 0 bridgehead atoms. The highest BCUT2D eigenvalue weighted by atomic mass is 16.7. The van der Waals surface area contributed by atoms with Gasteiger partial charge in [0.25, 0.3) is 0 Å². The van der Waals surface area contributed by atoms with Crippen LogP contribution in [0.3, 0.4) is 0 Å². The smallest absolute Gasteiger partial charge is 0.306 e. The fraction of sp³-hybridized carbons (Fsp3) is 0.933. The summed E-state index contributed by atoms with van der Waals surface area (Å²) in [5.41, 5.74) is 0. The van der Waals surface area contributed by atoms with Crippen molar-refractivity contribution in [3.05, 3.63) is 0 Å². The molecular formula is C15H28O7. The standard InChI is InChI=1S/C15H28O7/c1-2-3-4-5-6-7-8-11(17)22-14-13(19)12(18)10(9-16)21-15(14)20/h10,12-16,18-20H,2-9H2,1H3/t10-,12-,13+,14-,15-/m1/s1. The maximum absolute atomic E-state index is 11.7. The predicted molar refractivity (Wildman–Crippen MR) is 77.9 cm³/mol. The van der Waals surface area contributed by atoms with E-state index in [9.17, 15) is 20.1 Å². The van der Waals surface area contributed by atoms with E-state index < -0.39 is 43.3 Å². The van der Waals surface area contributed by atoms with Gasteiger partial charge in [0, 0.05) is 6.42 Å². The molecule has 7 nitrogen and oxygen atoms in total. The molecule has 1 aliphatic rings. The van der Waals surface area contributed by atoms with E-state index in [1.807, 2.05) is 0 Å². The van der Waals surface area contributed by atoms with Crippen molar-refractivity contribution in [2.24, 2.45) is 0 Å². The highest BCUT2D eigenvalue weighted by Crippen LogP contribution is 2.22. The Morgan fingerprint density at radius 3 is 2.32 bits per heavy atom. The molecule has 1 rings (SSSR count). The lowest BCUT2D eigenvalue weighted by atomic mass is 9.99. The number of carbonyl (C=O) groups excluding carboxylic acids is 1. The minimum Gasteiger partial charge on any atom is -0.454 e. The van der Waals surface area contributed by atoms with Gasteiger partial charge >= 0.3 is 5.97 Å². The first-order valence-electron chi connectivity index (χ1n) is 8.01. The molecule has 5 atom stereocenters. The highest BCUT2D eigenvalue weighted by Gasteiger charge is 2.45. The third kappa shape index (κ3) is 5.81. The summed E-state index contributed by atoms with van der Waals surface area (Å²) >= 11 is 0. The first kappa shape index (κ1) is 19.3. The summed E-state index contributed by atoms with van der Waals surface area (Å²) in [7, 11) is 0. The van der Waals surface area contributed by atoms with Gasteiger partial charge in [-0.25, -0.2) is 0 Å². The van der Waals surface area contributed by atoms with Crippen LogP contribution >= 0.6 is 0 Å². The molecule has 0 aromatic carbocycles. The molecule has 0 saturated carbocycles. The maximum Gasteiger partial charge on any atom is 0.306 e. The van der Waals surface area contributed by atoms with E-state index in [2.05, 4.69) is 6.92 Å². The summed E-state index contributed by atoms with van der Waals surface area (Å²) in [6, 6.07) is 0. The van der Waals surface area contributed by atoms with Gasteiger partial charge in [0.2, 0.25) is 0 Å². The number of carbonyl (C=O) groups is 1. The Balaban J connectivity index is 2.31. The van der Waals surface area contributed by atoms with Crippen molar-refractivity contribution in [3.8, 4) is 0 Å². The Bertz CT molecular complexity index is 323. The second-order valence-electron chi connectivity index (χ2n) is 5.70. The zero-order valence-corrected chi connectivity index (χ0v) is 13.1. The molecule has 0 unspecified atom stereocenters. The maximum atomic E-state index is 11.7. The predicted octanol–water partition coefficient (Wildman–Crippen LogP) is 0.0801. The van der Waals surface area contributed by atoms with Gasteiger partial charge in [-0.1, -0.05) is 39.0 Å². The van der Waals surface area contributed by atoms with E-state index in [4.69, 9.17) is 14.6 Å². The van der Waals surface area contributed by atoms with Crippen molar-refractivity contribution < 1.29 is 34.7 Å². The molecule has 0 spiro atoms. The topological polar surface area (TPSA) is 116 Å². The van der Waals surface area contributed by atoms with Crippen LogP contribution in [0.2, 0.25) is 0 Å². The molecule has 1 aliphatic heterocycles. The number of hydrogen-bond acceptors (Lipinski definition) is 7. The largest absolute Gasteiger partial charge is 0.454 e. The lowest BCUT2D eigenvalue weighted by molar-refractivity contribution is -0.290. The average Bonchev–Trinajstić information content (AvgIpc) is 2.50. The number of esters is 1. The SMILES string of the molecule is CCCCCCCCC(=O)O[C@@H]1[C@@H](O)[C@H](O)[C@@H](CO)O[C@H]1O. The quantitative estimate of drug-likeness (QED) is 0.351. The number of ether oxygens (including phenoxy) is 2. The van der Waals surface area contributed by atoms with Gasteiger partial charge in [0.1, 0.15) is 18.3 Å². The Morgan fingerprint density at radius 1 is 1.05 bits per heavy atom. The Hall–Kier alpha value is -0.730. The first-order valence-corrected chi connectivity index (χ1v) is 8.01. The zero-order valence-electron chi connectivity index (χ0n) is 13.1. The van der Waals surface area contributed by atoms with Crippen LogP contribution in [0.4, 0.5) is 0 Å². The third-order valence-electron chi connectivity index (χ3n) is 3.84. The lowest BCUT2D eigenvalue weighted by Gasteiger charge is -2.39. The normalized spacial score (nSPS) is 32.0. The van der Waals surface area contributed by atoms with Gasteiger partial charge in [-0.3, -0.25) is 4.79 Å². The van der Waals surface area contributed by atoms with E-state index >= 15 is 0 Å². The summed E-state index contributed by atoms with van der Waals surface area (Å²) < 4.78 is 9.92. The van der Waals surface area contributed by atoms with Crippen LogP contribution in [0.25, 0.3) is 0 Å². The number of hydrogen-bond donors (Lipinski definition) is 4. The second-order valence-corrected chi connectivity index (χ2v) is 5.70. The Morgan fingerprint density at radius 2 is 1.68 bits per heavy atom. The molecule has 0 aromatic rings. The number of aliphatic hydroxyl groups is 4. The minimum absolute atomic E-state index is 0.196. The van der Waals surface area contributed by atoms with Crippen molar-refractivity contribution in [2.45, 2.75) is 82.6 Å². The van der Waals surface area contributed by atoms with E-state index in [0.29, 0.717) is 6.42 Å². The van der Waals surface area contributed by atoms with Gasteiger partial charge in [0.15, 0.2) is 12.4 Å². The zero-order chi connectivity index (χ0) is 16.5. The van der Waals surface area contributed by atoms with E-state index in [1.54, 1.807) is 0 Å². The van der Waals surface area contributed by atoms with Crippen LogP contribution in [-0.2, 0) is 14.3 Å². The monoisotopic (exact) mass is 320 g/mol. The third-order valence-corrected chi connectivity index (χ3v) is 3.84. The Kier molecular flexibility index (Phi) is 8.89. The summed E-state index contributed by atoms with van der Waals surface area (Å²) in [5.74, 6) is -0.545. The van der Waals surface area contributed by atoms with Crippen LogP contribution < -0.4 is 0 Å². The molecule has 1 fully saturated rings. The number of aliphatic hydroxyl groups excluding tert-OH is 4. The molecule has 4 N–H and O–H groups in total. The molecule has 0 radical (unpaired) electrons. The van der Waals surface area contributed by atoms with Crippen molar-refractivity contribution >= 4 is 5.97 Å². The summed E-state index contributed by atoms with van der Waals surface area (Å²) in [6.45, 7) is 1.59. The van der Waals surface area contributed by atoms with Crippen molar-refractivity contribution in [1.82, 2.24) is 0 Å². The second kappa shape index (κ2) is 10.1. The van der Waals surface area contributed by atoms with Gasteiger partial charge < -0.3 is 29.9 Å². The summed E-state index contributed by atoms with van der Waals surface area (Å²) in [4.78, 5) is 11.7. The fourth-order valence-corrected chi connectivity index (χ4v) is 2.46. The molecule has 0 amide bonds. The first-order chi connectivity index (χ1) is 10.5. The van der Waals surface area contributed by atoms with Crippen molar-refractivity contribution in [3.63, 3.8) is 0 Å². The number of rotatable bonds is 9. The Labute approximate surface area is 130 Å². The van der Waals surface area contributed by atoms with Crippen LogP contribution in [-0.4, -0.2) is 63.7 Å². The van der Waals surface area contributed by atoms with E-state index in [0.717, 1.165) is 25.7 Å². The van der Waals surface area contributed by atoms with Crippen molar-refractivity contribution in [2.75, 3.05) is 6.61 Å². The van der Waals surface area contributed by atoms with Gasteiger partial charge in [-0.2, -0.15) is 0 Å². The molecule has 1 saturated heterocycles. The molecule has 22 heavy (non-hydrogen) atoms. The summed E-state index contributed by atoms with van der Waals surface area (Å²) in [6.07, 6.45) is -0.544. The van der Waals surface area contributed by atoms with Gasteiger partial charge in [0.05, 0.1) is 6.61 Å². The van der Waals surface area contributed by atoms with Crippen LogP contribution in [0.15, 0.2) is 0 Å². The average molecular weight is 320 g/mol. The molecular weight excluding hydrogens is 292 g/mol. The fourth-order valence-electron chi connectivity index (χ4n) is 2.46. The molecule has 130 valence electrons. The summed E-state index contributed by atoms with van der Waals surface area (Å²) in [5, 5.41) is 38.2. The van der Waals surface area contributed by atoms with Crippen LogP contribution in [0, 0.1) is 0 Å². The minimum atomic E-state index is -1.57. The molecule has 7 heteroatoms. The highest BCUT2D eigenvalue weighted by molar-refractivity contribution is 5.69. The van der Waals surface area contributed by atoms with E-state index in [1.165, 1.54) is 6.42 Å². The lowest BCUT2D eigenvalue weighted by Crippen LogP contribution is -2.59.